The summed E-state index contributed by atoms with van der Waals surface area (Å²) in [7, 11) is 1.60. The van der Waals surface area contributed by atoms with Crippen molar-refractivity contribution in [2.24, 2.45) is 4.99 Å². The van der Waals surface area contributed by atoms with Crippen molar-refractivity contribution in [2.45, 2.75) is 56.3 Å². The van der Waals surface area contributed by atoms with E-state index in [1.54, 1.807) is 7.05 Å². The van der Waals surface area contributed by atoms with Crippen LogP contribution in [0.2, 0.25) is 0 Å². The van der Waals surface area contributed by atoms with Gasteiger partial charge in [0, 0.05) is 51.9 Å². The lowest BCUT2D eigenvalue weighted by molar-refractivity contribution is -0.141. The van der Waals surface area contributed by atoms with Gasteiger partial charge in [0.25, 0.3) is 0 Å². The number of likely N-dealkylation sites (tertiary alicyclic amines) is 2. The van der Waals surface area contributed by atoms with Gasteiger partial charge in [-0.05, 0) is 30.5 Å². The molecule has 1 aromatic heterocycles. The van der Waals surface area contributed by atoms with Crippen LogP contribution < -0.4 is 20.9 Å². The van der Waals surface area contributed by atoms with Gasteiger partial charge in [-0.2, -0.15) is 0 Å². The van der Waals surface area contributed by atoms with Crippen LogP contribution in [0.4, 0.5) is 11.5 Å². The standard InChI is InChI=1S/C24H32N8O2/c1-30-20(33)13-24(22(30)34)12-16-14-27-23(29-21(16)32(24)17-4-2-3-5-17)28-19-7-6-18(15-26-19)31-10-8-25-9-11-31/h6-7,14-15,17,21,25H,2-5,8-13H2,1H3,(H2,26,27,28,29). The number of likely N-dealkylation sites (N-methyl/N-ethyl adjacent to an activating group) is 1. The molecule has 0 aromatic carbocycles. The third kappa shape index (κ3) is 3.47. The van der Waals surface area contributed by atoms with Gasteiger partial charge < -0.3 is 20.9 Å². The van der Waals surface area contributed by atoms with Crippen molar-refractivity contribution in [1.29, 1.82) is 0 Å². The number of anilines is 2. The molecule has 2 unspecified atom stereocenters. The number of nitrogens with one attached hydrogen (secondary N) is 3. The van der Waals surface area contributed by atoms with Gasteiger partial charge in [-0.15, -0.1) is 0 Å². The van der Waals surface area contributed by atoms with Crippen LogP contribution in [0.5, 0.6) is 0 Å². The van der Waals surface area contributed by atoms with E-state index in [9.17, 15) is 9.59 Å². The maximum absolute atomic E-state index is 13.3. The molecule has 4 fully saturated rings. The SMILES string of the molecule is CN1C(=O)CC2(CC3=CNC(Nc4ccc(N5CCNCC5)cn4)=NC3N2C2CCCC2)C1=O. The van der Waals surface area contributed by atoms with Crippen molar-refractivity contribution >= 4 is 29.3 Å². The monoisotopic (exact) mass is 464 g/mol. The first kappa shape index (κ1) is 21.5. The summed E-state index contributed by atoms with van der Waals surface area (Å²) in [6.07, 6.45) is 8.78. The van der Waals surface area contributed by atoms with Gasteiger partial charge in [-0.1, -0.05) is 12.8 Å². The second-order valence-electron chi connectivity index (χ2n) is 9.97. The molecule has 1 saturated carbocycles. The fourth-order valence-electron chi connectivity index (χ4n) is 6.23. The summed E-state index contributed by atoms with van der Waals surface area (Å²) in [4.78, 5) is 41.3. The molecule has 3 N–H and O–H groups in total. The van der Waals surface area contributed by atoms with E-state index in [0.29, 0.717) is 18.2 Å². The molecule has 3 saturated heterocycles. The van der Waals surface area contributed by atoms with E-state index in [4.69, 9.17) is 4.99 Å². The number of aromatic nitrogens is 1. The molecule has 5 heterocycles. The van der Waals surface area contributed by atoms with Crippen molar-refractivity contribution < 1.29 is 9.59 Å². The van der Waals surface area contributed by atoms with Crippen LogP contribution in [-0.2, 0) is 9.59 Å². The van der Waals surface area contributed by atoms with E-state index < -0.39 is 5.54 Å². The number of guanidine groups is 1. The van der Waals surface area contributed by atoms with E-state index in [1.807, 2.05) is 18.5 Å². The van der Waals surface area contributed by atoms with Crippen molar-refractivity contribution in [3.8, 4) is 0 Å². The normalized spacial score (nSPS) is 30.0. The third-order valence-electron chi connectivity index (χ3n) is 7.95. The lowest BCUT2D eigenvalue weighted by atomic mass is 9.91. The zero-order valence-corrected chi connectivity index (χ0v) is 19.6. The Balaban J connectivity index is 1.24. The Hall–Kier alpha value is -2.98. The second-order valence-corrected chi connectivity index (χ2v) is 9.97. The summed E-state index contributed by atoms with van der Waals surface area (Å²) in [6.45, 7) is 3.93. The Bertz CT molecular complexity index is 1040. The summed E-state index contributed by atoms with van der Waals surface area (Å²) >= 11 is 0. The van der Waals surface area contributed by atoms with Crippen molar-refractivity contribution in [3.63, 3.8) is 0 Å². The van der Waals surface area contributed by atoms with Gasteiger partial charge in [-0.3, -0.25) is 19.4 Å². The molecule has 34 heavy (non-hydrogen) atoms. The molecule has 10 nitrogen and oxygen atoms in total. The molecule has 5 aliphatic rings. The minimum Gasteiger partial charge on any atom is -0.368 e. The second kappa shape index (κ2) is 8.35. The smallest absolute Gasteiger partial charge is 0.250 e. The van der Waals surface area contributed by atoms with Gasteiger partial charge in [0.05, 0.1) is 18.3 Å². The number of hydrogen-bond acceptors (Lipinski definition) is 9. The molecule has 4 aliphatic heterocycles. The average molecular weight is 465 g/mol. The number of nitrogens with zero attached hydrogens (tertiary/aromatic N) is 5. The number of carbonyl (C=O) groups is 2. The van der Waals surface area contributed by atoms with Crippen LogP contribution in [0, 0.1) is 0 Å². The zero-order valence-electron chi connectivity index (χ0n) is 19.6. The molecular weight excluding hydrogens is 432 g/mol. The number of imide groups is 1. The van der Waals surface area contributed by atoms with Gasteiger partial charge in [0.15, 0.2) is 0 Å². The molecule has 0 radical (unpaired) electrons. The molecule has 6 rings (SSSR count). The highest BCUT2D eigenvalue weighted by Gasteiger charge is 2.62. The summed E-state index contributed by atoms with van der Waals surface area (Å²) in [5, 5.41) is 9.93. The van der Waals surface area contributed by atoms with Crippen LogP contribution in [-0.4, -0.2) is 83.5 Å². The van der Waals surface area contributed by atoms with Gasteiger partial charge in [0.1, 0.15) is 17.5 Å². The van der Waals surface area contributed by atoms with Crippen LogP contribution in [0.1, 0.15) is 38.5 Å². The summed E-state index contributed by atoms with van der Waals surface area (Å²) in [6, 6.07) is 4.32. The van der Waals surface area contributed by atoms with Crippen molar-refractivity contribution in [3.05, 3.63) is 30.1 Å². The topological polar surface area (TPSA) is 105 Å². The Labute approximate surface area is 199 Å². The molecule has 0 bridgehead atoms. The molecular formula is C24H32N8O2. The number of amides is 2. The number of carbonyl (C=O) groups excluding carboxylic acids is 2. The Morgan fingerprint density at radius 2 is 1.91 bits per heavy atom. The van der Waals surface area contributed by atoms with Gasteiger partial charge in [-0.25, -0.2) is 9.98 Å². The Morgan fingerprint density at radius 1 is 1.12 bits per heavy atom. The lowest BCUT2D eigenvalue weighted by Gasteiger charge is -2.39. The molecule has 1 aromatic rings. The lowest BCUT2D eigenvalue weighted by Crippen LogP contribution is -2.56. The van der Waals surface area contributed by atoms with Gasteiger partial charge >= 0.3 is 0 Å². The Kier molecular flexibility index (Phi) is 5.29. The predicted octanol–water partition coefficient (Wildman–Crippen LogP) is 0.848. The maximum atomic E-state index is 13.3. The highest BCUT2D eigenvalue weighted by atomic mass is 16.2. The highest BCUT2D eigenvalue weighted by Crippen LogP contribution is 2.49. The summed E-state index contributed by atoms with van der Waals surface area (Å²) in [5.41, 5.74) is 1.38. The number of rotatable bonds is 3. The van der Waals surface area contributed by atoms with Crippen LogP contribution in [0.25, 0.3) is 0 Å². The van der Waals surface area contributed by atoms with Crippen LogP contribution in [0.3, 0.4) is 0 Å². The number of fused-ring (bicyclic) bond motifs is 1. The number of hydrogen-bond donors (Lipinski definition) is 3. The molecule has 2 amide bonds. The molecule has 1 spiro atoms. The minimum atomic E-state index is -0.804. The first-order valence-corrected chi connectivity index (χ1v) is 12.4. The first-order valence-electron chi connectivity index (χ1n) is 12.4. The summed E-state index contributed by atoms with van der Waals surface area (Å²) in [5.74, 6) is 1.14. The minimum absolute atomic E-state index is 0.0884. The quantitative estimate of drug-likeness (QED) is 0.566. The number of aliphatic imine (C=N–C) groups is 1. The highest BCUT2D eigenvalue weighted by molar-refractivity contribution is 6.09. The average Bonchev–Trinajstić information content (AvgIpc) is 3.54. The molecule has 2 atom stereocenters. The summed E-state index contributed by atoms with van der Waals surface area (Å²) < 4.78 is 0. The van der Waals surface area contributed by atoms with E-state index >= 15 is 0 Å². The largest absolute Gasteiger partial charge is 0.368 e. The first-order chi connectivity index (χ1) is 16.5. The van der Waals surface area contributed by atoms with Crippen LogP contribution in [0.15, 0.2) is 35.1 Å². The number of piperazine rings is 1. The number of pyridine rings is 1. The van der Waals surface area contributed by atoms with Crippen LogP contribution >= 0.6 is 0 Å². The van der Waals surface area contributed by atoms with Gasteiger partial charge in [0.2, 0.25) is 17.8 Å². The maximum Gasteiger partial charge on any atom is 0.250 e. The molecule has 10 heteroatoms. The molecule has 1 aliphatic carbocycles. The van der Waals surface area contributed by atoms with E-state index in [2.05, 4.69) is 36.8 Å². The zero-order chi connectivity index (χ0) is 23.3. The molecule has 180 valence electrons. The fraction of sp³-hybridized carbons (Fsp3) is 0.583. The van der Waals surface area contributed by atoms with Crippen molar-refractivity contribution in [2.75, 3.05) is 43.4 Å². The predicted molar refractivity (Wildman–Crippen MR) is 129 cm³/mol. The van der Waals surface area contributed by atoms with E-state index in [1.165, 1.54) is 4.90 Å². The van der Waals surface area contributed by atoms with E-state index in [-0.39, 0.29) is 30.4 Å². The third-order valence-corrected chi connectivity index (χ3v) is 7.95. The Morgan fingerprint density at radius 3 is 2.59 bits per heavy atom. The van der Waals surface area contributed by atoms with Crippen molar-refractivity contribution in [1.82, 2.24) is 25.4 Å². The van der Waals surface area contributed by atoms with E-state index in [0.717, 1.165) is 63.1 Å². The fourth-order valence-corrected chi connectivity index (χ4v) is 6.23.